The van der Waals surface area contributed by atoms with Crippen LogP contribution in [0, 0.1) is 11.8 Å². The normalized spacial score (nSPS) is 24.9. The van der Waals surface area contributed by atoms with Crippen molar-refractivity contribution in [2.24, 2.45) is 11.8 Å². The van der Waals surface area contributed by atoms with Gasteiger partial charge in [-0.25, -0.2) is 9.69 Å². The summed E-state index contributed by atoms with van der Waals surface area (Å²) in [6.45, 7) is 7.66. The second-order valence-corrected chi connectivity index (χ2v) is 13.0. The van der Waals surface area contributed by atoms with Gasteiger partial charge in [0.15, 0.2) is 11.6 Å². The van der Waals surface area contributed by atoms with Crippen molar-refractivity contribution in [2.45, 2.75) is 115 Å². The van der Waals surface area contributed by atoms with E-state index in [4.69, 9.17) is 14.6 Å². The molecule has 3 rings (SSSR count). The number of hydrogen-bond acceptors (Lipinski definition) is 7. The van der Waals surface area contributed by atoms with Crippen LogP contribution in [0.5, 0.6) is 0 Å². The van der Waals surface area contributed by atoms with E-state index >= 15 is 0 Å². The van der Waals surface area contributed by atoms with Crippen molar-refractivity contribution in [3.05, 3.63) is 46.5 Å². The Morgan fingerprint density at radius 2 is 1.59 bits per heavy atom. The molecule has 0 saturated carbocycles. The van der Waals surface area contributed by atoms with Crippen molar-refractivity contribution in [3.63, 3.8) is 0 Å². The molecule has 2 aliphatic heterocycles. The number of halogens is 1. The van der Waals surface area contributed by atoms with Crippen LogP contribution in [0.1, 0.15) is 91.0 Å². The molecule has 0 spiro atoms. The van der Waals surface area contributed by atoms with Crippen molar-refractivity contribution in [1.29, 1.82) is 0 Å². The Bertz CT molecular complexity index is 1070. The molecule has 0 radical (unpaired) electrons. The maximum atomic E-state index is 14.2. The topological polar surface area (TPSA) is 113 Å². The quantitative estimate of drug-likeness (QED) is 0.225. The molecule has 1 saturated heterocycles. The average Bonchev–Trinajstić information content (AvgIpc) is 3.17. The third kappa shape index (κ3) is 8.49. The van der Waals surface area contributed by atoms with Crippen molar-refractivity contribution in [3.8, 4) is 0 Å². The Balaban J connectivity index is 1.79. The predicted molar refractivity (Wildman–Crippen MR) is 160 cm³/mol. The number of ether oxygens (including phenoxy) is 2. The van der Waals surface area contributed by atoms with Crippen molar-refractivity contribution < 1.29 is 34.1 Å². The highest BCUT2D eigenvalue weighted by molar-refractivity contribution is 9.11. The summed E-state index contributed by atoms with van der Waals surface area (Å²) in [5, 5.41) is 20.4. The monoisotopic (exact) mass is 635 g/mol. The van der Waals surface area contributed by atoms with Crippen molar-refractivity contribution >= 4 is 33.7 Å². The molecule has 1 fully saturated rings. The zero-order chi connectivity index (χ0) is 30.2. The Labute approximate surface area is 252 Å². The largest absolute Gasteiger partial charge is 0.441 e. The standard InChI is InChI=1S/C32H46BrNO7/c1-22(2)28-31(3,4)41-30(38)34(28)29(37)24(20-23-16-12-11-13-17-23)27-25(36)21-26(33)32(39,40-27)18-14-9-7-5-6-8-10-15-19-35/h11-13,16-17,21-22,24,27-28,35,39H,5-10,14-15,18-20H2,1-4H3/t24-,27-,28-,32+/m0/s1. The Kier molecular flexibility index (Phi) is 12.1. The van der Waals surface area contributed by atoms with Gasteiger partial charge in [0.2, 0.25) is 5.91 Å². The number of carbonyl (C=O) groups is 3. The molecular formula is C32H46BrNO7. The van der Waals surface area contributed by atoms with Gasteiger partial charge in [-0.05, 0) is 66.6 Å². The molecule has 4 atom stereocenters. The first kappa shape index (κ1) is 33.4. The SMILES string of the molecule is CC(C)[C@@H]1N(C(=O)[C@@H](Cc2ccccc2)[C@@H]2O[C@](O)(CCCCCCCCCCO)C(Br)=CC2=O)C(=O)OC1(C)C. The lowest BCUT2D eigenvalue weighted by atomic mass is 9.85. The van der Waals surface area contributed by atoms with Crippen LogP contribution in [0.25, 0.3) is 0 Å². The highest BCUT2D eigenvalue weighted by atomic mass is 79.9. The van der Waals surface area contributed by atoms with E-state index in [9.17, 15) is 19.5 Å². The van der Waals surface area contributed by atoms with Crippen LogP contribution in [0.4, 0.5) is 4.79 Å². The average molecular weight is 637 g/mol. The molecule has 1 aromatic carbocycles. The number of carbonyl (C=O) groups excluding carboxylic acids is 3. The second kappa shape index (κ2) is 14.9. The number of aliphatic hydroxyl groups is 2. The summed E-state index contributed by atoms with van der Waals surface area (Å²) < 4.78 is 12.0. The zero-order valence-electron chi connectivity index (χ0n) is 24.8. The minimum absolute atomic E-state index is 0.0820. The number of rotatable bonds is 15. The van der Waals surface area contributed by atoms with Gasteiger partial charge in [0, 0.05) is 13.0 Å². The molecular weight excluding hydrogens is 590 g/mol. The van der Waals surface area contributed by atoms with Gasteiger partial charge in [0.25, 0.3) is 0 Å². The second-order valence-electron chi connectivity index (χ2n) is 12.2. The molecule has 0 bridgehead atoms. The molecule has 0 aliphatic carbocycles. The molecule has 8 nitrogen and oxygen atoms in total. The maximum Gasteiger partial charge on any atom is 0.417 e. The van der Waals surface area contributed by atoms with Gasteiger partial charge in [-0.1, -0.05) is 82.7 Å². The van der Waals surface area contributed by atoms with Crippen LogP contribution >= 0.6 is 15.9 Å². The highest BCUT2D eigenvalue weighted by Crippen LogP contribution is 2.40. The van der Waals surface area contributed by atoms with Crippen LogP contribution in [-0.4, -0.2) is 63.0 Å². The number of cyclic esters (lactones) is 1. The summed E-state index contributed by atoms with van der Waals surface area (Å²) in [4.78, 5) is 41.7. The van der Waals surface area contributed by atoms with E-state index in [1.54, 1.807) is 13.8 Å². The highest BCUT2D eigenvalue weighted by Gasteiger charge is 2.55. The van der Waals surface area contributed by atoms with E-state index in [2.05, 4.69) is 15.9 Å². The Morgan fingerprint density at radius 3 is 2.17 bits per heavy atom. The fraction of sp³-hybridized carbons (Fsp3) is 0.656. The lowest BCUT2D eigenvalue weighted by Gasteiger charge is -2.39. The molecule has 228 valence electrons. The number of benzene rings is 1. The van der Waals surface area contributed by atoms with Crippen LogP contribution in [-0.2, 0) is 25.5 Å². The molecule has 41 heavy (non-hydrogen) atoms. The number of unbranched alkanes of at least 4 members (excludes halogenated alkanes) is 7. The van der Waals surface area contributed by atoms with Gasteiger partial charge < -0.3 is 19.7 Å². The van der Waals surface area contributed by atoms with Crippen LogP contribution < -0.4 is 0 Å². The molecule has 2 amide bonds. The minimum atomic E-state index is -1.75. The fourth-order valence-electron chi connectivity index (χ4n) is 6.10. The first-order chi connectivity index (χ1) is 19.4. The Hall–Kier alpha value is -2.07. The number of imide groups is 1. The van der Waals surface area contributed by atoms with E-state index in [0.717, 1.165) is 55.4 Å². The van der Waals surface area contributed by atoms with E-state index < -0.39 is 47.2 Å². The first-order valence-corrected chi connectivity index (χ1v) is 15.7. The number of ketones is 1. The molecule has 2 heterocycles. The van der Waals surface area contributed by atoms with Crippen molar-refractivity contribution in [1.82, 2.24) is 4.90 Å². The van der Waals surface area contributed by atoms with Gasteiger partial charge in [-0.2, -0.15) is 0 Å². The molecule has 2 N–H and O–H groups in total. The van der Waals surface area contributed by atoms with E-state index in [-0.39, 0.29) is 29.8 Å². The minimum Gasteiger partial charge on any atom is -0.441 e. The van der Waals surface area contributed by atoms with Gasteiger partial charge in [-0.3, -0.25) is 9.59 Å². The molecule has 0 aromatic heterocycles. The predicted octanol–water partition coefficient (Wildman–Crippen LogP) is 6.07. The molecule has 9 heteroatoms. The smallest absolute Gasteiger partial charge is 0.417 e. The van der Waals surface area contributed by atoms with Crippen LogP contribution in [0.15, 0.2) is 40.9 Å². The van der Waals surface area contributed by atoms with E-state index in [0.29, 0.717) is 6.42 Å². The summed E-state index contributed by atoms with van der Waals surface area (Å²) >= 11 is 3.34. The summed E-state index contributed by atoms with van der Waals surface area (Å²) in [6, 6.07) is 8.77. The number of amides is 2. The molecule has 0 unspecified atom stereocenters. The van der Waals surface area contributed by atoms with E-state index in [1.165, 1.54) is 6.08 Å². The molecule has 1 aromatic rings. The van der Waals surface area contributed by atoms with Crippen molar-refractivity contribution in [2.75, 3.05) is 6.61 Å². The number of aliphatic hydroxyl groups excluding tert-OH is 1. The van der Waals surface area contributed by atoms with Gasteiger partial charge in [0.1, 0.15) is 11.7 Å². The number of hydrogen-bond donors (Lipinski definition) is 2. The fourth-order valence-corrected chi connectivity index (χ4v) is 6.61. The number of nitrogens with zero attached hydrogens (tertiary/aromatic N) is 1. The summed E-state index contributed by atoms with van der Waals surface area (Å²) in [5.74, 6) is -3.86. The molecule has 2 aliphatic rings. The zero-order valence-corrected chi connectivity index (χ0v) is 26.4. The third-order valence-corrected chi connectivity index (χ3v) is 8.90. The van der Waals surface area contributed by atoms with Gasteiger partial charge in [0.05, 0.1) is 16.4 Å². The lowest BCUT2D eigenvalue weighted by molar-refractivity contribution is -0.218. The summed E-state index contributed by atoms with van der Waals surface area (Å²) in [6.07, 6.45) is 7.46. The third-order valence-electron chi connectivity index (χ3n) is 8.06. The first-order valence-electron chi connectivity index (χ1n) is 14.9. The maximum absolute atomic E-state index is 14.2. The summed E-state index contributed by atoms with van der Waals surface area (Å²) in [7, 11) is 0. The van der Waals surface area contributed by atoms with Crippen LogP contribution in [0.2, 0.25) is 0 Å². The summed E-state index contributed by atoms with van der Waals surface area (Å²) in [5.41, 5.74) is -0.0793. The Morgan fingerprint density at radius 1 is 1.00 bits per heavy atom. The van der Waals surface area contributed by atoms with Gasteiger partial charge >= 0.3 is 6.09 Å². The van der Waals surface area contributed by atoms with Crippen LogP contribution in [0.3, 0.4) is 0 Å². The van der Waals surface area contributed by atoms with E-state index in [1.807, 2.05) is 44.2 Å². The lowest BCUT2D eigenvalue weighted by Crippen LogP contribution is -2.55. The van der Waals surface area contributed by atoms with Gasteiger partial charge in [-0.15, -0.1) is 0 Å².